The van der Waals surface area contributed by atoms with Crippen LogP contribution in [0.4, 0.5) is 0 Å². The Morgan fingerprint density at radius 2 is 2.00 bits per heavy atom. The summed E-state index contributed by atoms with van der Waals surface area (Å²) in [7, 11) is 0. The predicted molar refractivity (Wildman–Crippen MR) is 35.9 cm³/mol. The van der Waals surface area contributed by atoms with Crippen LogP contribution in [0.5, 0.6) is 0 Å². The minimum absolute atomic E-state index is 0. The fraction of sp³-hybridized carbons (Fsp3) is 0.800. The number of carbonyl (C=O) groups is 1. The summed E-state index contributed by atoms with van der Waals surface area (Å²) < 4.78 is 0. The summed E-state index contributed by atoms with van der Waals surface area (Å²) in [6, 6.07) is -0.930. The second-order valence-corrected chi connectivity index (χ2v) is 2.40. The third kappa shape index (κ3) is 5.15. The van der Waals surface area contributed by atoms with Crippen LogP contribution in [0.1, 0.15) is 13.8 Å². The van der Waals surface area contributed by atoms with Crippen LogP contribution in [0, 0.1) is 16.0 Å². The number of nitrogens with zero attached hydrogens (tertiary/aromatic N) is 1. The molecule has 0 aromatic heterocycles. The molecule has 12 heavy (non-hydrogen) atoms. The Labute approximate surface area is 82.3 Å². The Bertz CT molecular complexity index is 173. The second kappa shape index (κ2) is 6.02. The Morgan fingerprint density at radius 3 is 2.25 bits per heavy atom. The van der Waals surface area contributed by atoms with E-state index in [9.17, 15) is 14.9 Å². The molecule has 0 aromatic carbocycles. The molecule has 1 atom stereocenters. The Balaban J connectivity index is 0. The van der Waals surface area contributed by atoms with E-state index < -0.39 is 17.1 Å². The summed E-state index contributed by atoms with van der Waals surface area (Å²) in [6.45, 7) is 3.34. The molecule has 66 valence electrons. The van der Waals surface area contributed by atoms with Crippen molar-refractivity contribution >= 4 is 5.97 Å². The van der Waals surface area contributed by atoms with Crippen molar-refractivity contribution in [3.8, 4) is 0 Å². The number of hydrogen-bond acceptors (Lipinski definition) is 5. The molecule has 0 spiro atoms. The topological polar surface area (TPSA) is 95.5 Å². The quantitative estimate of drug-likeness (QED) is 0.406. The zero-order chi connectivity index (χ0) is 9.02. The van der Waals surface area contributed by atoms with Gasteiger partial charge >= 0.3 is 11.1 Å². The van der Waals surface area contributed by atoms with Crippen LogP contribution >= 0.6 is 0 Å². The first-order valence-electron chi connectivity index (χ1n) is 3.07. The van der Waals surface area contributed by atoms with Gasteiger partial charge in [-0.25, -0.2) is 4.84 Å². The molecule has 6 nitrogen and oxygen atoms in total. The molecule has 0 radical (unpaired) electrons. The predicted octanol–water partition coefficient (Wildman–Crippen LogP) is -0.298. The number of rotatable bonds is 3. The molecule has 0 rings (SSSR count). The minimum Gasteiger partial charge on any atom is -0.320 e. The van der Waals surface area contributed by atoms with E-state index in [1.54, 1.807) is 13.8 Å². The van der Waals surface area contributed by atoms with Crippen LogP contribution < -0.4 is 5.73 Å². The van der Waals surface area contributed by atoms with Gasteiger partial charge in [-0.15, -0.1) is 10.1 Å². The molecule has 0 bridgehead atoms. The van der Waals surface area contributed by atoms with E-state index in [1.807, 2.05) is 0 Å². The minimum atomic E-state index is -1.16. The molecule has 2 N–H and O–H groups in total. The van der Waals surface area contributed by atoms with E-state index >= 15 is 0 Å². The summed E-state index contributed by atoms with van der Waals surface area (Å²) in [5.74, 6) is -1.17. The molecule has 0 aliphatic carbocycles. The fourth-order valence-corrected chi connectivity index (χ4v) is 0.406. The van der Waals surface area contributed by atoms with Crippen LogP contribution in [0.15, 0.2) is 0 Å². The molecule has 0 saturated carbocycles. The van der Waals surface area contributed by atoms with Crippen LogP contribution in [0.25, 0.3) is 0 Å². The molecule has 0 saturated heterocycles. The molecule has 0 fully saturated rings. The van der Waals surface area contributed by atoms with Gasteiger partial charge in [0.1, 0.15) is 0 Å². The Morgan fingerprint density at radius 1 is 1.58 bits per heavy atom. The molecular formula is C5H10N2O4Zn. The van der Waals surface area contributed by atoms with Gasteiger partial charge < -0.3 is 5.73 Å². The molecule has 0 heterocycles. The van der Waals surface area contributed by atoms with Crippen molar-refractivity contribution < 1.29 is 34.2 Å². The van der Waals surface area contributed by atoms with Gasteiger partial charge in [0.25, 0.3) is 0 Å². The van der Waals surface area contributed by atoms with E-state index in [0.29, 0.717) is 0 Å². The van der Waals surface area contributed by atoms with Gasteiger partial charge in [-0.2, -0.15) is 0 Å². The maximum Gasteiger partial charge on any atom is 0.320 e. The van der Waals surface area contributed by atoms with Crippen molar-refractivity contribution in [2.75, 3.05) is 0 Å². The van der Waals surface area contributed by atoms with Crippen LogP contribution in [0.3, 0.4) is 0 Å². The first kappa shape index (κ1) is 14.0. The normalized spacial score (nSPS) is 11.7. The number of hydrogen-bond donors (Lipinski definition) is 1. The first-order valence-corrected chi connectivity index (χ1v) is 3.07. The Hall–Kier alpha value is -0.547. The van der Waals surface area contributed by atoms with Gasteiger partial charge in [0, 0.05) is 19.5 Å². The average molecular weight is 228 g/mol. The largest absolute Gasteiger partial charge is 0.320 e. The van der Waals surface area contributed by atoms with Gasteiger partial charge in [0.2, 0.25) is 0 Å². The van der Waals surface area contributed by atoms with Crippen LogP contribution in [-0.4, -0.2) is 17.1 Å². The summed E-state index contributed by atoms with van der Waals surface area (Å²) in [4.78, 5) is 23.9. The maximum absolute atomic E-state index is 10.6. The van der Waals surface area contributed by atoms with Gasteiger partial charge in [-0.3, -0.25) is 4.79 Å². The summed E-state index contributed by atoms with van der Waals surface area (Å²) in [5, 5.41) is 8.48. The standard InChI is InChI=1S/C5H10N2O4.Zn/c1-3(2)4(6)5(8)11-7(9)10;/h3-4H,6H2,1-2H3;. The van der Waals surface area contributed by atoms with Crippen LogP contribution in [-0.2, 0) is 29.1 Å². The van der Waals surface area contributed by atoms with Gasteiger partial charge in [0.05, 0.1) is 6.04 Å². The number of carbonyl (C=O) groups excluding carboxylic acids is 1. The third-order valence-electron chi connectivity index (χ3n) is 1.15. The summed E-state index contributed by atoms with van der Waals surface area (Å²) in [6.07, 6.45) is 0. The monoisotopic (exact) mass is 226 g/mol. The average Bonchev–Trinajstić information content (AvgIpc) is 1.84. The van der Waals surface area contributed by atoms with E-state index in [-0.39, 0.29) is 25.4 Å². The smallest absolute Gasteiger partial charge is 0.320 e. The first-order chi connectivity index (χ1) is 4.95. The molecule has 7 heteroatoms. The molecule has 0 aliphatic rings. The fourth-order valence-electron chi connectivity index (χ4n) is 0.406. The van der Waals surface area contributed by atoms with E-state index in [1.165, 1.54) is 0 Å². The van der Waals surface area contributed by atoms with E-state index in [4.69, 9.17) is 5.73 Å². The van der Waals surface area contributed by atoms with Crippen molar-refractivity contribution in [1.82, 2.24) is 0 Å². The summed E-state index contributed by atoms with van der Waals surface area (Å²) in [5.41, 5.74) is 5.23. The molecule has 0 aromatic rings. The zero-order valence-electron chi connectivity index (χ0n) is 7.02. The molecule has 0 aliphatic heterocycles. The van der Waals surface area contributed by atoms with E-state index in [2.05, 4.69) is 4.84 Å². The number of nitrogens with two attached hydrogens (primary N) is 1. The van der Waals surface area contributed by atoms with Crippen LogP contribution in [0.2, 0.25) is 0 Å². The SMILES string of the molecule is CC(C)C(N)C(=O)O[N+](=O)[O-].[Zn]. The Kier molecular flexibility index (Phi) is 7.03. The molecule has 1 unspecified atom stereocenters. The second-order valence-electron chi connectivity index (χ2n) is 2.40. The third-order valence-corrected chi connectivity index (χ3v) is 1.15. The maximum atomic E-state index is 10.6. The van der Waals surface area contributed by atoms with E-state index in [0.717, 1.165) is 0 Å². The van der Waals surface area contributed by atoms with Crippen molar-refractivity contribution in [3.05, 3.63) is 10.1 Å². The zero-order valence-corrected chi connectivity index (χ0v) is 9.99. The molecular weight excluding hydrogens is 217 g/mol. The van der Waals surface area contributed by atoms with Crippen molar-refractivity contribution in [1.29, 1.82) is 0 Å². The molecule has 0 amide bonds. The van der Waals surface area contributed by atoms with Crippen molar-refractivity contribution in [2.24, 2.45) is 11.7 Å². The van der Waals surface area contributed by atoms with Gasteiger partial charge in [0.15, 0.2) is 0 Å². The van der Waals surface area contributed by atoms with Crippen molar-refractivity contribution in [2.45, 2.75) is 19.9 Å². The van der Waals surface area contributed by atoms with Gasteiger partial charge in [-0.1, -0.05) is 13.8 Å². The summed E-state index contributed by atoms with van der Waals surface area (Å²) >= 11 is 0. The van der Waals surface area contributed by atoms with Gasteiger partial charge in [-0.05, 0) is 5.92 Å². The van der Waals surface area contributed by atoms with Crippen molar-refractivity contribution in [3.63, 3.8) is 0 Å².